The number of aromatic nitrogens is 2. The van der Waals surface area contributed by atoms with Crippen LogP contribution in [0.1, 0.15) is 11.5 Å². The lowest BCUT2D eigenvalue weighted by Gasteiger charge is -2.08. The summed E-state index contributed by atoms with van der Waals surface area (Å²) in [6.07, 6.45) is 1.14. The van der Waals surface area contributed by atoms with E-state index in [1.807, 2.05) is 48.5 Å². The zero-order valence-electron chi connectivity index (χ0n) is 13.4. The number of aryl methyl sites for hydroxylation is 1. The van der Waals surface area contributed by atoms with Crippen molar-refractivity contribution in [3.8, 4) is 22.6 Å². The molecule has 0 amide bonds. The minimum absolute atomic E-state index is 0.267. The summed E-state index contributed by atoms with van der Waals surface area (Å²) >= 11 is 0. The van der Waals surface area contributed by atoms with Gasteiger partial charge in [0.25, 0.3) is 0 Å². The van der Waals surface area contributed by atoms with Crippen molar-refractivity contribution in [2.75, 3.05) is 6.26 Å². The van der Waals surface area contributed by atoms with Gasteiger partial charge in [-0.05, 0) is 22.8 Å². The molecule has 3 rings (SSSR count). The number of hydrogen-bond donors (Lipinski definition) is 1. The number of nitrogens with zero attached hydrogens (tertiary/aromatic N) is 2. The van der Waals surface area contributed by atoms with E-state index in [4.69, 9.17) is 4.42 Å². The average molecular weight is 343 g/mol. The summed E-state index contributed by atoms with van der Waals surface area (Å²) < 4.78 is 30.3. The molecule has 0 aliphatic carbocycles. The van der Waals surface area contributed by atoms with Gasteiger partial charge in [-0.25, -0.2) is 13.1 Å². The van der Waals surface area contributed by atoms with Gasteiger partial charge in [0.2, 0.25) is 21.8 Å². The molecule has 0 radical (unpaired) electrons. The van der Waals surface area contributed by atoms with E-state index >= 15 is 0 Å². The molecule has 0 aliphatic rings. The molecule has 0 aliphatic heterocycles. The third-order valence-electron chi connectivity index (χ3n) is 3.49. The number of benzene rings is 2. The minimum atomic E-state index is -3.20. The lowest BCUT2D eigenvalue weighted by atomic mass is 9.98. The summed E-state index contributed by atoms with van der Waals surface area (Å²) in [5.74, 6) is 0.993. The minimum Gasteiger partial charge on any atom is -0.421 e. The Morgan fingerprint density at radius 3 is 2.25 bits per heavy atom. The molecule has 2 aromatic carbocycles. The molecular weight excluding hydrogens is 326 g/mol. The van der Waals surface area contributed by atoms with Gasteiger partial charge >= 0.3 is 0 Å². The third kappa shape index (κ3) is 3.87. The van der Waals surface area contributed by atoms with Crippen molar-refractivity contribution < 1.29 is 12.8 Å². The SMILES string of the molecule is Cc1nnc(-c2ccccc2-c2ccc(CNS(C)(=O)=O)cc2)o1. The van der Waals surface area contributed by atoms with E-state index in [2.05, 4.69) is 14.9 Å². The molecule has 1 N–H and O–H groups in total. The van der Waals surface area contributed by atoms with Gasteiger partial charge in [0.1, 0.15) is 0 Å². The summed E-state index contributed by atoms with van der Waals surface area (Å²) in [6, 6.07) is 15.5. The van der Waals surface area contributed by atoms with E-state index in [0.29, 0.717) is 11.8 Å². The van der Waals surface area contributed by atoms with Crippen molar-refractivity contribution in [2.45, 2.75) is 13.5 Å². The van der Waals surface area contributed by atoms with Crippen LogP contribution in [0.15, 0.2) is 52.9 Å². The molecule has 0 fully saturated rings. The molecule has 7 heteroatoms. The first-order chi connectivity index (χ1) is 11.4. The third-order valence-corrected chi connectivity index (χ3v) is 4.16. The maximum atomic E-state index is 11.2. The van der Waals surface area contributed by atoms with Crippen molar-refractivity contribution in [3.63, 3.8) is 0 Å². The van der Waals surface area contributed by atoms with Gasteiger partial charge in [0.05, 0.1) is 6.26 Å². The van der Waals surface area contributed by atoms with Crippen LogP contribution in [0.4, 0.5) is 0 Å². The van der Waals surface area contributed by atoms with Gasteiger partial charge in [0, 0.05) is 19.0 Å². The van der Waals surface area contributed by atoms with Gasteiger partial charge in [-0.3, -0.25) is 0 Å². The fourth-order valence-electron chi connectivity index (χ4n) is 2.34. The number of hydrogen-bond acceptors (Lipinski definition) is 5. The van der Waals surface area contributed by atoms with Crippen LogP contribution in [0, 0.1) is 6.92 Å². The van der Waals surface area contributed by atoms with Crippen LogP contribution in [0.5, 0.6) is 0 Å². The van der Waals surface area contributed by atoms with Crippen molar-refractivity contribution in [3.05, 3.63) is 60.0 Å². The first kappa shape index (κ1) is 16.4. The molecule has 3 aromatic rings. The Bertz CT molecular complexity index is 947. The Kier molecular flexibility index (Phi) is 4.46. The monoisotopic (exact) mass is 343 g/mol. The van der Waals surface area contributed by atoms with Gasteiger partial charge < -0.3 is 4.42 Å². The van der Waals surface area contributed by atoms with Crippen LogP contribution in [-0.2, 0) is 16.6 Å². The molecule has 1 heterocycles. The highest BCUT2D eigenvalue weighted by molar-refractivity contribution is 7.88. The Balaban J connectivity index is 1.90. The predicted octanol–water partition coefficient (Wildman–Crippen LogP) is 2.76. The highest BCUT2D eigenvalue weighted by Crippen LogP contribution is 2.31. The zero-order chi connectivity index (χ0) is 17.2. The predicted molar refractivity (Wildman–Crippen MR) is 91.6 cm³/mol. The van der Waals surface area contributed by atoms with Crippen LogP contribution in [0.25, 0.3) is 22.6 Å². The molecule has 1 aromatic heterocycles. The maximum Gasteiger partial charge on any atom is 0.248 e. The smallest absolute Gasteiger partial charge is 0.248 e. The molecule has 0 unspecified atom stereocenters. The zero-order valence-corrected chi connectivity index (χ0v) is 14.2. The molecule has 124 valence electrons. The molecule has 0 bridgehead atoms. The normalized spacial score (nSPS) is 11.6. The lowest BCUT2D eigenvalue weighted by Crippen LogP contribution is -2.21. The average Bonchev–Trinajstić information content (AvgIpc) is 2.99. The Morgan fingerprint density at radius 2 is 1.67 bits per heavy atom. The second-order valence-electron chi connectivity index (χ2n) is 5.46. The Hall–Kier alpha value is -2.51. The van der Waals surface area contributed by atoms with Gasteiger partial charge in [0.15, 0.2) is 0 Å². The first-order valence-electron chi connectivity index (χ1n) is 7.36. The molecule has 0 saturated heterocycles. The highest BCUT2D eigenvalue weighted by atomic mass is 32.2. The van der Waals surface area contributed by atoms with E-state index in [1.165, 1.54) is 0 Å². The van der Waals surface area contributed by atoms with Crippen LogP contribution in [-0.4, -0.2) is 24.9 Å². The van der Waals surface area contributed by atoms with E-state index in [9.17, 15) is 8.42 Å². The van der Waals surface area contributed by atoms with Crippen molar-refractivity contribution >= 4 is 10.0 Å². The topological polar surface area (TPSA) is 85.1 Å². The highest BCUT2D eigenvalue weighted by Gasteiger charge is 2.12. The molecule has 0 saturated carbocycles. The molecular formula is C17H17N3O3S. The Morgan fingerprint density at radius 1 is 1.00 bits per heavy atom. The van der Waals surface area contributed by atoms with Crippen molar-refractivity contribution in [1.82, 2.24) is 14.9 Å². The van der Waals surface area contributed by atoms with Crippen LogP contribution >= 0.6 is 0 Å². The largest absolute Gasteiger partial charge is 0.421 e. The van der Waals surface area contributed by atoms with Gasteiger partial charge in [-0.2, -0.15) is 0 Å². The molecule has 6 nitrogen and oxygen atoms in total. The second kappa shape index (κ2) is 6.54. The summed E-state index contributed by atoms with van der Waals surface area (Å²) in [7, 11) is -3.20. The number of rotatable bonds is 5. The summed E-state index contributed by atoms with van der Waals surface area (Å²) in [4.78, 5) is 0. The standard InChI is InChI=1S/C17H17N3O3S/c1-12-19-20-17(23-12)16-6-4-3-5-15(16)14-9-7-13(8-10-14)11-18-24(2,21)22/h3-10,18H,11H2,1-2H3. The summed E-state index contributed by atoms with van der Waals surface area (Å²) in [6.45, 7) is 2.02. The lowest BCUT2D eigenvalue weighted by molar-refractivity contribution is 0.533. The first-order valence-corrected chi connectivity index (χ1v) is 9.25. The van der Waals surface area contributed by atoms with Gasteiger partial charge in [-0.1, -0.05) is 42.5 Å². The van der Waals surface area contributed by atoms with Crippen LogP contribution in [0.2, 0.25) is 0 Å². The van der Waals surface area contributed by atoms with E-state index in [-0.39, 0.29) is 6.54 Å². The second-order valence-corrected chi connectivity index (χ2v) is 7.30. The van der Waals surface area contributed by atoms with E-state index in [1.54, 1.807) is 6.92 Å². The molecule has 0 atom stereocenters. The van der Waals surface area contributed by atoms with Gasteiger partial charge in [-0.15, -0.1) is 10.2 Å². The van der Waals surface area contributed by atoms with Crippen LogP contribution < -0.4 is 4.72 Å². The number of sulfonamides is 1. The quantitative estimate of drug-likeness (QED) is 0.770. The van der Waals surface area contributed by atoms with Crippen LogP contribution in [0.3, 0.4) is 0 Å². The maximum absolute atomic E-state index is 11.2. The fourth-order valence-corrected chi connectivity index (χ4v) is 2.77. The molecule has 0 spiro atoms. The fraction of sp³-hybridized carbons (Fsp3) is 0.176. The van der Waals surface area contributed by atoms with E-state index in [0.717, 1.165) is 28.5 Å². The molecule has 24 heavy (non-hydrogen) atoms. The summed E-state index contributed by atoms with van der Waals surface area (Å²) in [5.41, 5.74) is 3.71. The van der Waals surface area contributed by atoms with Crippen molar-refractivity contribution in [1.29, 1.82) is 0 Å². The van der Waals surface area contributed by atoms with E-state index < -0.39 is 10.0 Å². The van der Waals surface area contributed by atoms with Crippen molar-refractivity contribution in [2.24, 2.45) is 0 Å². The Labute approximate surface area is 140 Å². The summed E-state index contributed by atoms with van der Waals surface area (Å²) in [5, 5.41) is 7.96. The number of nitrogens with one attached hydrogen (secondary N) is 1.